The van der Waals surface area contributed by atoms with Gasteiger partial charge in [0.05, 0.1) is 6.54 Å². The molecule has 11 heteroatoms. The van der Waals surface area contributed by atoms with Gasteiger partial charge in [0.25, 0.3) is 11.8 Å². The number of nitrogens with zero attached hydrogens (tertiary/aromatic N) is 3. The Morgan fingerprint density at radius 1 is 1.15 bits per heavy atom. The average molecular weight is 461 g/mol. The molecular formula is C23H19N5O6. The number of pyridine rings is 1. The van der Waals surface area contributed by atoms with Gasteiger partial charge in [0.1, 0.15) is 22.9 Å². The summed E-state index contributed by atoms with van der Waals surface area (Å²) in [7, 11) is 0. The molecule has 2 aromatic heterocycles. The Labute approximate surface area is 192 Å². The number of hydrogen-bond acceptors (Lipinski definition) is 7. The molecule has 0 spiro atoms. The van der Waals surface area contributed by atoms with Crippen molar-refractivity contribution < 1.29 is 28.7 Å². The van der Waals surface area contributed by atoms with Gasteiger partial charge in [-0.2, -0.15) is 0 Å². The van der Waals surface area contributed by atoms with Crippen molar-refractivity contribution in [3.05, 3.63) is 53.4 Å². The van der Waals surface area contributed by atoms with E-state index in [1.807, 2.05) is 0 Å². The molecule has 1 atom stereocenters. The largest absolute Gasteiger partial charge is 0.508 e. The fraction of sp³-hybridized carbons (Fsp3) is 0.261. The maximum Gasteiger partial charge on any atom is 0.322 e. The first-order valence-electron chi connectivity index (χ1n) is 10.8. The molecule has 3 N–H and O–H groups in total. The lowest BCUT2D eigenvalue weighted by Crippen LogP contribution is -2.52. The molecule has 3 aliphatic rings. The van der Waals surface area contributed by atoms with Crippen LogP contribution in [0.25, 0.3) is 11.0 Å². The minimum absolute atomic E-state index is 0.0179. The van der Waals surface area contributed by atoms with Gasteiger partial charge in [-0.05, 0) is 30.2 Å². The zero-order chi connectivity index (χ0) is 23.6. The molecule has 11 nitrogen and oxygen atoms in total. The Hall–Kier alpha value is -4.41. The molecule has 0 bridgehead atoms. The number of amides is 5. The summed E-state index contributed by atoms with van der Waals surface area (Å²) in [6, 6.07) is 7.05. The number of phenols is 1. The molecule has 0 saturated carbocycles. The van der Waals surface area contributed by atoms with Gasteiger partial charge in [-0.3, -0.25) is 24.6 Å². The summed E-state index contributed by atoms with van der Waals surface area (Å²) in [5.41, 5.74) is -0.210. The molecule has 34 heavy (non-hydrogen) atoms. The number of phenolic OH excluding ortho intramolecular Hbond substituents is 1. The van der Waals surface area contributed by atoms with Crippen LogP contribution >= 0.6 is 0 Å². The van der Waals surface area contributed by atoms with E-state index in [2.05, 4.69) is 15.6 Å². The summed E-state index contributed by atoms with van der Waals surface area (Å²) in [5, 5.41) is 15.2. The van der Waals surface area contributed by atoms with Gasteiger partial charge < -0.3 is 19.7 Å². The molecule has 2 saturated heterocycles. The lowest BCUT2D eigenvalue weighted by molar-refractivity contribution is -0.125. The van der Waals surface area contributed by atoms with E-state index in [1.165, 1.54) is 17.0 Å². The molecule has 6 rings (SSSR count). The summed E-state index contributed by atoms with van der Waals surface area (Å²) < 4.78 is 6.02. The van der Waals surface area contributed by atoms with Crippen LogP contribution < -0.4 is 15.5 Å². The van der Waals surface area contributed by atoms with Crippen LogP contribution in [0.15, 0.2) is 40.9 Å². The van der Waals surface area contributed by atoms with E-state index in [9.17, 15) is 24.3 Å². The minimum atomic E-state index is -1.65. The minimum Gasteiger partial charge on any atom is -0.508 e. The van der Waals surface area contributed by atoms with Gasteiger partial charge in [0, 0.05) is 42.7 Å². The topological polar surface area (TPSA) is 145 Å². The number of nitrogens with one attached hydrogen (secondary N) is 2. The number of hydrogen-bond donors (Lipinski definition) is 3. The van der Waals surface area contributed by atoms with E-state index in [1.54, 1.807) is 29.3 Å². The van der Waals surface area contributed by atoms with Crippen LogP contribution in [0, 0.1) is 0 Å². The Balaban J connectivity index is 1.38. The standard InChI is InChI=1S/C23H19N5O6/c29-14-4-3-12-10-27(20(31)15(12)7-14)11-23(21(32)25-22(33)26-23)17-6-13-9-24-18(8-16(13)34-17)28-5-1-2-19(28)30/h3-4,6-9,29H,1-2,5,10-11H2,(H2,25,26,32,33)/t23-/m0/s1. The van der Waals surface area contributed by atoms with Crippen molar-refractivity contribution in [2.45, 2.75) is 24.9 Å². The number of aromatic hydroxyl groups is 1. The predicted octanol–water partition coefficient (Wildman–Crippen LogP) is 1.35. The zero-order valence-corrected chi connectivity index (χ0v) is 17.8. The first kappa shape index (κ1) is 20.2. The number of furan rings is 1. The van der Waals surface area contributed by atoms with Crippen LogP contribution in [0.1, 0.15) is 34.5 Å². The summed E-state index contributed by atoms with van der Waals surface area (Å²) in [6.07, 6.45) is 2.76. The van der Waals surface area contributed by atoms with Gasteiger partial charge in [0.2, 0.25) is 5.91 Å². The van der Waals surface area contributed by atoms with Crippen LogP contribution in [0.2, 0.25) is 0 Å². The highest BCUT2D eigenvalue weighted by Gasteiger charge is 2.53. The molecule has 2 fully saturated rings. The van der Waals surface area contributed by atoms with E-state index >= 15 is 0 Å². The number of fused-ring (bicyclic) bond motifs is 2. The number of benzene rings is 1. The van der Waals surface area contributed by atoms with E-state index in [4.69, 9.17) is 4.42 Å². The normalized spacial score (nSPS) is 22.0. The SMILES string of the molecule is O=C1NC(=O)[C@](CN2Cc3ccc(O)cc3C2=O)(c2cc3cnc(N4CCCC4=O)cc3o2)N1. The lowest BCUT2D eigenvalue weighted by Gasteiger charge is -2.29. The number of carbonyl (C=O) groups is 4. The van der Waals surface area contributed by atoms with E-state index in [-0.39, 0.29) is 36.4 Å². The summed E-state index contributed by atoms with van der Waals surface area (Å²) in [5.74, 6) is -0.472. The highest BCUT2D eigenvalue weighted by molar-refractivity contribution is 6.08. The van der Waals surface area contributed by atoms with E-state index in [0.29, 0.717) is 40.9 Å². The summed E-state index contributed by atoms with van der Waals surface area (Å²) >= 11 is 0. The number of anilines is 1. The van der Waals surface area contributed by atoms with Gasteiger partial charge in [0.15, 0.2) is 5.54 Å². The predicted molar refractivity (Wildman–Crippen MR) is 117 cm³/mol. The molecule has 1 aromatic carbocycles. The second-order valence-corrected chi connectivity index (χ2v) is 8.66. The third-order valence-electron chi connectivity index (χ3n) is 6.50. The molecular weight excluding hydrogens is 442 g/mol. The van der Waals surface area contributed by atoms with Crippen molar-refractivity contribution in [1.82, 2.24) is 20.5 Å². The third-order valence-corrected chi connectivity index (χ3v) is 6.50. The lowest BCUT2D eigenvalue weighted by atomic mass is 9.95. The Bertz CT molecular complexity index is 1410. The van der Waals surface area contributed by atoms with Crippen LogP contribution in [0.4, 0.5) is 10.6 Å². The summed E-state index contributed by atoms with van der Waals surface area (Å²) in [4.78, 5) is 57.6. The zero-order valence-electron chi connectivity index (χ0n) is 17.8. The van der Waals surface area contributed by atoms with Crippen molar-refractivity contribution in [2.75, 3.05) is 18.0 Å². The molecule has 3 aromatic rings. The molecule has 5 amide bonds. The highest BCUT2D eigenvalue weighted by Crippen LogP contribution is 2.35. The van der Waals surface area contributed by atoms with E-state index < -0.39 is 17.5 Å². The number of rotatable bonds is 4. The number of urea groups is 1. The molecule has 0 radical (unpaired) electrons. The van der Waals surface area contributed by atoms with Gasteiger partial charge in [-0.15, -0.1) is 0 Å². The molecule has 172 valence electrons. The van der Waals surface area contributed by atoms with Crippen molar-refractivity contribution >= 4 is 40.5 Å². The molecule has 3 aliphatic heterocycles. The smallest absolute Gasteiger partial charge is 0.322 e. The number of imide groups is 1. The van der Waals surface area contributed by atoms with Crippen molar-refractivity contribution in [1.29, 1.82) is 0 Å². The Morgan fingerprint density at radius 2 is 2.00 bits per heavy atom. The monoisotopic (exact) mass is 461 g/mol. The van der Waals surface area contributed by atoms with Crippen LogP contribution in [-0.4, -0.2) is 51.8 Å². The summed E-state index contributed by atoms with van der Waals surface area (Å²) in [6.45, 7) is 0.604. The highest BCUT2D eigenvalue weighted by atomic mass is 16.3. The van der Waals surface area contributed by atoms with Crippen LogP contribution in [-0.2, 0) is 21.7 Å². The first-order chi connectivity index (χ1) is 16.3. The fourth-order valence-corrected chi connectivity index (χ4v) is 4.79. The molecule has 0 aliphatic carbocycles. The second-order valence-electron chi connectivity index (χ2n) is 8.66. The van der Waals surface area contributed by atoms with E-state index in [0.717, 1.165) is 6.42 Å². The molecule has 0 unspecified atom stereocenters. The quantitative estimate of drug-likeness (QED) is 0.497. The van der Waals surface area contributed by atoms with Gasteiger partial charge >= 0.3 is 6.03 Å². The third kappa shape index (κ3) is 2.93. The number of carbonyl (C=O) groups excluding carboxylic acids is 4. The fourth-order valence-electron chi connectivity index (χ4n) is 4.79. The maximum absolute atomic E-state index is 13.0. The van der Waals surface area contributed by atoms with Crippen LogP contribution in [0.3, 0.4) is 0 Å². The van der Waals surface area contributed by atoms with Crippen molar-refractivity contribution in [3.63, 3.8) is 0 Å². The second kappa shape index (κ2) is 7.04. The average Bonchev–Trinajstić information content (AvgIpc) is 3.55. The Morgan fingerprint density at radius 3 is 2.74 bits per heavy atom. The van der Waals surface area contributed by atoms with Crippen molar-refractivity contribution in [2.24, 2.45) is 0 Å². The first-order valence-corrected chi connectivity index (χ1v) is 10.8. The number of aromatic nitrogens is 1. The van der Waals surface area contributed by atoms with Gasteiger partial charge in [-0.1, -0.05) is 6.07 Å². The molecule has 5 heterocycles. The van der Waals surface area contributed by atoms with Gasteiger partial charge in [-0.25, -0.2) is 9.78 Å². The van der Waals surface area contributed by atoms with Crippen LogP contribution in [0.5, 0.6) is 5.75 Å². The Kier molecular flexibility index (Phi) is 4.19. The maximum atomic E-state index is 13.0. The van der Waals surface area contributed by atoms with Crippen molar-refractivity contribution in [3.8, 4) is 5.75 Å².